The third-order valence-corrected chi connectivity index (χ3v) is 4.38. The van der Waals surface area contributed by atoms with Crippen molar-refractivity contribution in [3.63, 3.8) is 0 Å². The average Bonchev–Trinajstić information content (AvgIpc) is 2.51. The summed E-state index contributed by atoms with van der Waals surface area (Å²) in [5, 5.41) is 19.3. The number of rotatable bonds is 5. The van der Waals surface area contributed by atoms with Gasteiger partial charge in [-0.1, -0.05) is 11.8 Å². The topological polar surface area (TPSA) is 84.7 Å². The van der Waals surface area contributed by atoms with Gasteiger partial charge in [-0.25, -0.2) is 9.97 Å². The number of ether oxygens (including phenoxy) is 2. The van der Waals surface area contributed by atoms with Crippen molar-refractivity contribution in [1.29, 1.82) is 0 Å². The molecule has 2 N–H and O–H groups in total. The Hall–Kier alpha value is -0.940. The van der Waals surface area contributed by atoms with Crippen LogP contribution in [0.3, 0.4) is 0 Å². The van der Waals surface area contributed by atoms with Gasteiger partial charge in [0.1, 0.15) is 17.9 Å². The fraction of sp³-hybridized carbons (Fsp3) is 0.692. The molecule has 0 radical (unpaired) electrons. The van der Waals surface area contributed by atoms with Crippen LogP contribution >= 0.6 is 11.8 Å². The van der Waals surface area contributed by atoms with E-state index in [-0.39, 0.29) is 18.4 Å². The summed E-state index contributed by atoms with van der Waals surface area (Å²) in [5.41, 5.74) is -1.06. The van der Waals surface area contributed by atoms with Crippen molar-refractivity contribution in [1.82, 2.24) is 9.97 Å². The Morgan fingerprint density at radius 3 is 2.78 bits per heavy atom. The van der Waals surface area contributed by atoms with Crippen LogP contribution in [0.25, 0.3) is 0 Å². The predicted octanol–water partition coefficient (Wildman–Crippen LogP) is 1.11. The second-order valence-electron chi connectivity index (χ2n) is 4.89. The van der Waals surface area contributed by atoms with Crippen molar-refractivity contribution in [3.05, 3.63) is 18.0 Å². The van der Waals surface area contributed by atoms with Gasteiger partial charge in [-0.3, -0.25) is 0 Å². The highest BCUT2D eigenvalue weighted by atomic mass is 32.2. The first-order valence-corrected chi connectivity index (χ1v) is 7.83. The third-order valence-electron chi connectivity index (χ3n) is 3.25. The number of nitrogens with zero attached hydrogens (tertiary/aromatic N) is 2. The van der Waals surface area contributed by atoms with E-state index in [2.05, 4.69) is 9.97 Å². The molecule has 0 spiro atoms. The number of hydrogen-bond donors (Lipinski definition) is 2. The lowest BCUT2D eigenvalue weighted by Crippen LogP contribution is -2.53. The van der Waals surface area contributed by atoms with Crippen molar-refractivity contribution >= 4 is 11.8 Å². The summed E-state index contributed by atoms with van der Waals surface area (Å²) < 4.78 is 48.4. The van der Waals surface area contributed by atoms with E-state index in [1.165, 1.54) is 0 Å². The van der Waals surface area contributed by atoms with E-state index < -0.39 is 35.4 Å². The van der Waals surface area contributed by atoms with Gasteiger partial charge in [-0.2, -0.15) is 13.2 Å². The van der Waals surface area contributed by atoms with Crippen LogP contribution in [0.1, 0.15) is 12.6 Å². The number of aliphatic hydroxyl groups is 2. The molecule has 130 valence electrons. The minimum atomic E-state index is -4.57. The van der Waals surface area contributed by atoms with Crippen LogP contribution in [-0.4, -0.2) is 63.6 Å². The first kappa shape index (κ1) is 18.4. The second kappa shape index (κ2) is 7.75. The van der Waals surface area contributed by atoms with Gasteiger partial charge in [0.2, 0.25) is 0 Å². The van der Waals surface area contributed by atoms with E-state index in [0.29, 0.717) is 6.61 Å². The molecule has 1 aliphatic heterocycles. The van der Waals surface area contributed by atoms with Gasteiger partial charge in [0.25, 0.3) is 0 Å². The number of aliphatic hydroxyl groups excluding tert-OH is 2. The van der Waals surface area contributed by atoms with Gasteiger partial charge in [0, 0.05) is 12.8 Å². The summed E-state index contributed by atoms with van der Waals surface area (Å²) in [7, 11) is 0. The van der Waals surface area contributed by atoms with E-state index in [1.54, 1.807) is 6.92 Å². The fourth-order valence-electron chi connectivity index (χ4n) is 2.03. The van der Waals surface area contributed by atoms with E-state index in [0.717, 1.165) is 24.0 Å². The third kappa shape index (κ3) is 4.77. The van der Waals surface area contributed by atoms with Crippen LogP contribution in [0.5, 0.6) is 0 Å². The average molecular weight is 354 g/mol. The molecule has 1 fully saturated rings. The molecule has 2 rings (SSSR count). The zero-order valence-corrected chi connectivity index (χ0v) is 13.0. The number of alkyl halides is 3. The Bertz CT molecular complexity index is 520. The van der Waals surface area contributed by atoms with Gasteiger partial charge < -0.3 is 19.7 Å². The number of hydrogen-bond acceptors (Lipinski definition) is 7. The Labute approximate surface area is 135 Å². The lowest BCUT2D eigenvalue weighted by atomic mass is 10.0. The zero-order valence-electron chi connectivity index (χ0n) is 12.2. The van der Waals surface area contributed by atoms with Crippen molar-refractivity contribution in [2.45, 2.75) is 41.8 Å². The van der Waals surface area contributed by atoms with Crippen LogP contribution in [-0.2, 0) is 15.7 Å². The highest BCUT2D eigenvalue weighted by Gasteiger charge is 2.40. The van der Waals surface area contributed by atoms with Gasteiger partial charge in [-0.15, -0.1) is 0 Å². The maximum absolute atomic E-state index is 12.6. The maximum atomic E-state index is 12.6. The molecule has 1 aromatic rings. The molecular weight excluding hydrogens is 337 g/mol. The molecule has 0 bridgehead atoms. The summed E-state index contributed by atoms with van der Waals surface area (Å²) in [6.45, 7) is 2.40. The van der Waals surface area contributed by atoms with Gasteiger partial charge in [-0.05, 0) is 13.0 Å². The zero-order chi connectivity index (χ0) is 17.0. The molecule has 1 aromatic heterocycles. The van der Waals surface area contributed by atoms with Crippen LogP contribution in [0.15, 0.2) is 17.4 Å². The van der Waals surface area contributed by atoms with Crippen LogP contribution in [0, 0.1) is 0 Å². The quantitative estimate of drug-likeness (QED) is 0.767. The van der Waals surface area contributed by atoms with Crippen molar-refractivity contribution in [2.75, 3.05) is 19.8 Å². The summed E-state index contributed by atoms with van der Waals surface area (Å²) in [6.07, 6.45) is -6.62. The normalized spacial score (nSPS) is 28.8. The summed E-state index contributed by atoms with van der Waals surface area (Å²) in [5.74, 6) is 0. The maximum Gasteiger partial charge on any atom is 0.433 e. The molecule has 0 amide bonds. The second-order valence-corrected chi connectivity index (χ2v) is 6.10. The highest BCUT2D eigenvalue weighted by Crippen LogP contribution is 2.32. The lowest BCUT2D eigenvalue weighted by Gasteiger charge is -2.36. The van der Waals surface area contributed by atoms with E-state index in [1.807, 2.05) is 0 Å². The Balaban J connectivity index is 2.01. The number of halogens is 3. The Morgan fingerprint density at radius 2 is 2.13 bits per heavy atom. The van der Waals surface area contributed by atoms with Crippen LogP contribution < -0.4 is 0 Å². The van der Waals surface area contributed by atoms with Gasteiger partial charge >= 0.3 is 6.18 Å². The van der Waals surface area contributed by atoms with Crippen molar-refractivity contribution in [3.8, 4) is 0 Å². The van der Waals surface area contributed by atoms with Crippen molar-refractivity contribution < 1.29 is 32.9 Å². The number of aromatic nitrogens is 2. The van der Waals surface area contributed by atoms with Gasteiger partial charge in [0.15, 0.2) is 5.16 Å². The molecule has 10 heteroatoms. The molecule has 0 saturated carbocycles. The monoisotopic (exact) mass is 354 g/mol. The standard InChI is InChI=1S/C13H17F3N2O4S/c1-2-21-5-7-10(19)11(20)8(6-22-7)23-12-17-4-3-9(18-12)13(14,15)16/h3-4,7-8,10-11,19-20H,2,5-6H2,1H3/t7-,8+,10+,11-/m1/s1. The highest BCUT2D eigenvalue weighted by molar-refractivity contribution is 7.99. The fourth-order valence-corrected chi connectivity index (χ4v) is 3.02. The minimum Gasteiger partial charge on any atom is -0.389 e. The molecule has 23 heavy (non-hydrogen) atoms. The molecule has 0 aromatic carbocycles. The van der Waals surface area contributed by atoms with Crippen LogP contribution in [0.4, 0.5) is 13.2 Å². The molecule has 1 aliphatic rings. The summed E-state index contributed by atoms with van der Waals surface area (Å²) >= 11 is 0.835. The summed E-state index contributed by atoms with van der Waals surface area (Å²) in [4.78, 5) is 7.17. The largest absolute Gasteiger partial charge is 0.433 e. The Morgan fingerprint density at radius 1 is 1.39 bits per heavy atom. The predicted molar refractivity (Wildman–Crippen MR) is 74.9 cm³/mol. The molecule has 4 atom stereocenters. The molecule has 2 heterocycles. The Kier molecular flexibility index (Phi) is 6.20. The molecule has 1 saturated heterocycles. The van der Waals surface area contributed by atoms with E-state index in [4.69, 9.17) is 9.47 Å². The first-order chi connectivity index (χ1) is 10.8. The molecule has 6 nitrogen and oxygen atoms in total. The number of thioether (sulfide) groups is 1. The SMILES string of the molecule is CCOC[C@H]1OC[C@H](Sc2nccc(C(F)(F)F)n2)[C@@H](O)[C@H]1O. The lowest BCUT2D eigenvalue weighted by molar-refractivity contribution is -0.150. The first-order valence-electron chi connectivity index (χ1n) is 6.95. The molecular formula is C13H17F3N2O4S. The van der Waals surface area contributed by atoms with Crippen molar-refractivity contribution in [2.24, 2.45) is 0 Å². The smallest absolute Gasteiger partial charge is 0.389 e. The van der Waals surface area contributed by atoms with Gasteiger partial charge in [0.05, 0.1) is 24.6 Å². The molecule has 0 aliphatic carbocycles. The molecule has 0 unspecified atom stereocenters. The minimum absolute atomic E-state index is 0.0419. The van der Waals surface area contributed by atoms with E-state index >= 15 is 0 Å². The van der Waals surface area contributed by atoms with E-state index in [9.17, 15) is 23.4 Å². The summed E-state index contributed by atoms with van der Waals surface area (Å²) in [6, 6.07) is 0.769. The van der Waals surface area contributed by atoms with Crippen LogP contribution in [0.2, 0.25) is 0 Å².